The van der Waals surface area contributed by atoms with Crippen LogP contribution in [0.5, 0.6) is 0 Å². The quantitative estimate of drug-likeness (QED) is 0.810. The van der Waals surface area contributed by atoms with Gasteiger partial charge < -0.3 is 10.2 Å². The summed E-state index contributed by atoms with van der Waals surface area (Å²) in [5, 5.41) is 3.78. The number of nitrogens with one attached hydrogen (secondary N) is 1. The molecule has 0 radical (unpaired) electrons. The van der Waals surface area contributed by atoms with Crippen LogP contribution in [0.2, 0.25) is 0 Å². The molecule has 17 heavy (non-hydrogen) atoms. The summed E-state index contributed by atoms with van der Waals surface area (Å²) in [5.74, 6) is 0. The summed E-state index contributed by atoms with van der Waals surface area (Å²) in [5.41, 5.74) is 0.570. The van der Waals surface area contributed by atoms with E-state index in [1.807, 2.05) is 0 Å². The summed E-state index contributed by atoms with van der Waals surface area (Å²) < 4.78 is 0. The van der Waals surface area contributed by atoms with Gasteiger partial charge in [-0.2, -0.15) is 0 Å². The van der Waals surface area contributed by atoms with E-state index in [-0.39, 0.29) is 0 Å². The van der Waals surface area contributed by atoms with Crippen LogP contribution in [0.4, 0.5) is 0 Å². The Morgan fingerprint density at radius 3 is 2.59 bits per heavy atom. The van der Waals surface area contributed by atoms with Crippen LogP contribution in [-0.2, 0) is 0 Å². The summed E-state index contributed by atoms with van der Waals surface area (Å²) in [7, 11) is 0. The number of hydrogen-bond acceptors (Lipinski definition) is 2. The SMILES string of the molecule is CC1(C)CCCC(NCCN2CCCCC2)C1. The molecule has 2 heteroatoms. The fourth-order valence-corrected chi connectivity index (χ4v) is 3.48. The van der Waals surface area contributed by atoms with Crippen molar-refractivity contribution in [1.82, 2.24) is 10.2 Å². The summed E-state index contributed by atoms with van der Waals surface area (Å²) in [4.78, 5) is 2.63. The van der Waals surface area contributed by atoms with Crippen molar-refractivity contribution in [3.05, 3.63) is 0 Å². The average Bonchev–Trinajstić information content (AvgIpc) is 2.29. The zero-order valence-corrected chi connectivity index (χ0v) is 11.8. The molecule has 2 aliphatic rings. The molecule has 0 amide bonds. The lowest BCUT2D eigenvalue weighted by Crippen LogP contribution is -2.42. The third-order valence-electron chi connectivity index (χ3n) is 4.51. The number of likely N-dealkylation sites (tertiary alicyclic amines) is 1. The first kappa shape index (κ1) is 13.4. The van der Waals surface area contributed by atoms with Gasteiger partial charge in [0.15, 0.2) is 0 Å². The molecule has 2 rings (SSSR count). The minimum absolute atomic E-state index is 0.570. The summed E-state index contributed by atoms with van der Waals surface area (Å²) in [6, 6.07) is 0.781. The van der Waals surface area contributed by atoms with E-state index in [9.17, 15) is 0 Å². The van der Waals surface area contributed by atoms with Crippen molar-refractivity contribution in [2.45, 2.75) is 64.8 Å². The topological polar surface area (TPSA) is 15.3 Å². The van der Waals surface area contributed by atoms with E-state index >= 15 is 0 Å². The molecule has 1 aliphatic heterocycles. The first-order valence-corrected chi connectivity index (χ1v) is 7.61. The van der Waals surface area contributed by atoms with Gasteiger partial charge in [0.05, 0.1) is 0 Å². The second-order valence-electron chi connectivity index (χ2n) is 6.81. The zero-order valence-electron chi connectivity index (χ0n) is 11.8. The smallest absolute Gasteiger partial charge is 0.0107 e. The fraction of sp³-hybridized carbons (Fsp3) is 1.00. The fourth-order valence-electron chi connectivity index (χ4n) is 3.48. The maximum absolute atomic E-state index is 3.78. The lowest BCUT2D eigenvalue weighted by molar-refractivity contribution is 0.185. The largest absolute Gasteiger partial charge is 0.313 e. The van der Waals surface area contributed by atoms with Gasteiger partial charge in [-0.3, -0.25) is 0 Å². The Labute approximate surface area is 107 Å². The first-order valence-electron chi connectivity index (χ1n) is 7.61. The Morgan fingerprint density at radius 2 is 1.88 bits per heavy atom. The predicted molar refractivity (Wildman–Crippen MR) is 74.3 cm³/mol. The van der Waals surface area contributed by atoms with E-state index in [0.29, 0.717) is 5.41 Å². The van der Waals surface area contributed by atoms with Gasteiger partial charge >= 0.3 is 0 Å². The van der Waals surface area contributed by atoms with Crippen LogP contribution in [-0.4, -0.2) is 37.1 Å². The molecule has 1 N–H and O–H groups in total. The van der Waals surface area contributed by atoms with Crippen LogP contribution in [0.1, 0.15) is 58.8 Å². The Bertz CT molecular complexity index is 219. The molecule has 1 saturated carbocycles. The van der Waals surface area contributed by atoms with Crippen LogP contribution in [0.3, 0.4) is 0 Å². The van der Waals surface area contributed by atoms with Gasteiger partial charge in [-0.05, 0) is 50.6 Å². The second kappa shape index (κ2) is 6.19. The van der Waals surface area contributed by atoms with Crippen molar-refractivity contribution < 1.29 is 0 Å². The number of piperidine rings is 1. The molecule has 2 fully saturated rings. The van der Waals surface area contributed by atoms with Crippen LogP contribution in [0.25, 0.3) is 0 Å². The van der Waals surface area contributed by atoms with Crippen molar-refractivity contribution in [2.24, 2.45) is 5.41 Å². The van der Waals surface area contributed by atoms with Gasteiger partial charge in [0.1, 0.15) is 0 Å². The maximum Gasteiger partial charge on any atom is 0.0107 e. The van der Waals surface area contributed by atoms with Crippen LogP contribution < -0.4 is 5.32 Å². The van der Waals surface area contributed by atoms with Gasteiger partial charge in [0.25, 0.3) is 0 Å². The normalized spacial score (nSPS) is 30.4. The van der Waals surface area contributed by atoms with Gasteiger partial charge in [-0.25, -0.2) is 0 Å². The zero-order chi connectivity index (χ0) is 12.1. The lowest BCUT2D eigenvalue weighted by atomic mass is 9.75. The molecule has 0 bridgehead atoms. The van der Waals surface area contributed by atoms with E-state index in [0.717, 1.165) is 6.04 Å². The monoisotopic (exact) mass is 238 g/mol. The Kier molecular flexibility index (Phi) is 4.87. The molecule has 1 saturated heterocycles. The molecule has 0 aromatic heterocycles. The number of nitrogens with zero attached hydrogens (tertiary/aromatic N) is 1. The summed E-state index contributed by atoms with van der Waals surface area (Å²) in [6.07, 6.45) is 9.86. The van der Waals surface area contributed by atoms with Crippen molar-refractivity contribution in [2.75, 3.05) is 26.2 Å². The third-order valence-corrected chi connectivity index (χ3v) is 4.51. The summed E-state index contributed by atoms with van der Waals surface area (Å²) in [6.45, 7) is 9.96. The minimum atomic E-state index is 0.570. The van der Waals surface area contributed by atoms with Crippen LogP contribution in [0.15, 0.2) is 0 Å². The Hall–Kier alpha value is -0.0800. The van der Waals surface area contributed by atoms with E-state index in [1.165, 1.54) is 71.1 Å². The highest BCUT2D eigenvalue weighted by atomic mass is 15.1. The Balaban J connectivity index is 1.61. The summed E-state index contributed by atoms with van der Waals surface area (Å²) >= 11 is 0. The Morgan fingerprint density at radius 1 is 1.12 bits per heavy atom. The van der Waals surface area contributed by atoms with Crippen molar-refractivity contribution >= 4 is 0 Å². The highest BCUT2D eigenvalue weighted by Gasteiger charge is 2.27. The van der Waals surface area contributed by atoms with Crippen LogP contribution in [0, 0.1) is 5.41 Å². The predicted octanol–water partition coefficient (Wildman–Crippen LogP) is 3.03. The molecule has 2 nitrogen and oxygen atoms in total. The molecule has 1 atom stereocenters. The van der Waals surface area contributed by atoms with Gasteiger partial charge in [0.2, 0.25) is 0 Å². The van der Waals surface area contributed by atoms with Crippen molar-refractivity contribution in [3.8, 4) is 0 Å². The highest BCUT2D eigenvalue weighted by Crippen LogP contribution is 2.34. The van der Waals surface area contributed by atoms with Crippen molar-refractivity contribution in [3.63, 3.8) is 0 Å². The molecule has 100 valence electrons. The molecule has 1 heterocycles. The molecule has 1 unspecified atom stereocenters. The highest BCUT2D eigenvalue weighted by molar-refractivity contribution is 4.83. The van der Waals surface area contributed by atoms with E-state index < -0.39 is 0 Å². The molecule has 0 spiro atoms. The molecule has 0 aromatic carbocycles. The number of rotatable bonds is 4. The van der Waals surface area contributed by atoms with Gasteiger partial charge in [-0.1, -0.05) is 26.7 Å². The van der Waals surface area contributed by atoms with Crippen molar-refractivity contribution in [1.29, 1.82) is 0 Å². The first-order chi connectivity index (χ1) is 8.16. The molecular formula is C15H30N2. The molecule has 0 aromatic rings. The van der Waals surface area contributed by atoms with Gasteiger partial charge in [0, 0.05) is 19.1 Å². The second-order valence-corrected chi connectivity index (χ2v) is 6.81. The van der Waals surface area contributed by atoms with E-state index in [4.69, 9.17) is 0 Å². The van der Waals surface area contributed by atoms with Crippen LogP contribution >= 0.6 is 0 Å². The standard InChI is InChI=1S/C15H30N2/c1-15(2)8-6-7-14(13-15)16-9-12-17-10-4-3-5-11-17/h14,16H,3-13H2,1-2H3. The maximum atomic E-state index is 3.78. The molecule has 1 aliphatic carbocycles. The van der Waals surface area contributed by atoms with E-state index in [2.05, 4.69) is 24.1 Å². The van der Waals surface area contributed by atoms with E-state index in [1.54, 1.807) is 0 Å². The lowest BCUT2D eigenvalue weighted by Gasteiger charge is -2.36. The molecular weight excluding hydrogens is 208 g/mol. The third kappa shape index (κ3) is 4.59. The number of hydrogen-bond donors (Lipinski definition) is 1. The minimum Gasteiger partial charge on any atom is -0.313 e. The van der Waals surface area contributed by atoms with Gasteiger partial charge in [-0.15, -0.1) is 0 Å². The average molecular weight is 238 g/mol.